The fourth-order valence-electron chi connectivity index (χ4n) is 8.71. The maximum absolute atomic E-state index is 8.56. The van der Waals surface area contributed by atoms with E-state index in [1.165, 1.54) is 63.7 Å². The van der Waals surface area contributed by atoms with Gasteiger partial charge in [0.15, 0.2) is 0 Å². The summed E-state index contributed by atoms with van der Waals surface area (Å²) in [5.41, 5.74) is 0. The fraction of sp³-hybridized carbons (Fsp3) is 0. The normalized spacial score (nSPS) is 10.3. The predicted octanol–water partition coefficient (Wildman–Crippen LogP) is 14.0. The fourth-order valence-corrected chi connectivity index (χ4v) is 17.9. The number of rotatable bonds is 12. The summed E-state index contributed by atoms with van der Waals surface area (Å²) in [5, 5.41) is 30.7. The molecule has 0 unspecified atom stereocenters. The van der Waals surface area contributed by atoms with Gasteiger partial charge in [0.1, 0.15) is 0 Å². The lowest BCUT2D eigenvalue weighted by atomic mass is 10.4. The standard InChI is InChI=1S/4C18H15P.CH2O3/c4*1-4-10-16(11-5-1)19(17-12-6-2-7-13-17)18-14-8-3-9-15-18;2-1(3)4/h4*1-15H;(H2,2,3,4). The van der Waals surface area contributed by atoms with Crippen molar-refractivity contribution < 1.29 is 15.0 Å². The largest absolute Gasteiger partial charge is 0.503 e. The molecule has 0 aliphatic rings. The molecule has 2 N–H and O–H groups in total. The van der Waals surface area contributed by atoms with Crippen LogP contribution in [-0.2, 0) is 0 Å². The molecule has 0 amide bonds. The minimum absolute atomic E-state index is 0.446. The van der Waals surface area contributed by atoms with E-state index in [1.807, 2.05) is 0 Å². The Morgan fingerprint density at radius 2 is 0.225 bits per heavy atom. The minimum Gasteiger partial charge on any atom is -0.450 e. The molecule has 0 fully saturated rings. The average Bonchev–Trinajstić information content (AvgIpc) is 3.53. The third-order valence-electron chi connectivity index (χ3n) is 12.2. The van der Waals surface area contributed by atoms with Crippen molar-refractivity contribution in [3.8, 4) is 0 Å². The van der Waals surface area contributed by atoms with Crippen LogP contribution in [0.15, 0.2) is 364 Å². The molecule has 0 saturated heterocycles. The highest BCUT2D eigenvalue weighted by Crippen LogP contribution is 2.35. The molecule has 0 aromatic heterocycles. The van der Waals surface area contributed by atoms with Gasteiger partial charge in [0.05, 0.1) is 0 Å². The van der Waals surface area contributed by atoms with Crippen LogP contribution in [0, 0.1) is 0 Å². The topological polar surface area (TPSA) is 57.5 Å². The molecule has 0 bridgehead atoms. The summed E-state index contributed by atoms with van der Waals surface area (Å²) in [6, 6.07) is 129. The van der Waals surface area contributed by atoms with Crippen LogP contribution in [0.3, 0.4) is 0 Å². The number of carboxylic acid groups (broad SMARTS) is 2. The molecular weight excluding hydrogens is 1050 g/mol. The highest BCUT2D eigenvalue weighted by Gasteiger charge is 2.18. The van der Waals surface area contributed by atoms with Crippen molar-refractivity contribution in [2.75, 3.05) is 0 Å². The summed E-state index contributed by atoms with van der Waals surface area (Å²) in [4.78, 5) is 8.56. The maximum Gasteiger partial charge on any atom is 0.503 e. The van der Waals surface area contributed by atoms with E-state index in [0.29, 0.717) is 0 Å². The first-order valence-corrected chi connectivity index (χ1v) is 31.6. The van der Waals surface area contributed by atoms with Crippen LogP contribution in [0.5, 0.6) is 0 Å². The van der Waals surface area contributed by atoms with Crippen LogP contribution in [-0.4, -0.2) is 16.4 Å². The Morgan fingerprint density at radius 3 is 0.287 bits per heavy atom. The van der Waals surface area contributed by atoms with Crippen LogP contribution >= 0.6 is 31.7 Å². The van der Waals surface area contributed by atoms with E-state index in [0.717, 1.165) is 0 Å². The number of benzene rings is 12. The van der Waals surface area contributed by atoms with Crippen LogP contribution in [0.4, 0.5) is 4.79 Å². The molecule has 0 heterocycles. The second-order valence-corrected chi connectivity index (χ2v) is 26.5. The van der Waals surface area contributed by atoms with Crippen molar-refractivity contribution in [3.63, 3.8) is 0 Å². The molecule has 0 radical (unpaired) electrons. The zero-order chi connectivity index (χ0) is 55.2. The molecule has 12 rings (SSSR count). The van der Waals surface area contributed by atoms with Crippen molar-refractivity contribution in [2.24, 2.45) is 0 Å². The van der Waals surface area contributed by atoms with E-state index in [4.69, 9.17) is 15.0 Å². The quantitative estimate of drug-likeness (QED) is 0.120. The molecule has 12 aromatic carbocycles. The van der Waals surface area contributed by atoms with Gasteiger partial charge in [-0.3, -0.25) is 0 Å². The molecule has 392 valence electrons. The first-order chi connectivity index (χ1) is 39.5. The van der Waals surface area contributed by atoms with Crippen molar-refractivity contribution in [1.29, 1.82) is 0 Å². The van der Waals surface area contributed by atoms with E-state index >= 15 is 0 Å². The van der Waals surface area contributed by atoms with Gasteiger partial charge in [-0.25, -0.2) is 4.79 Å². The van der Waals surface area contributed by atoms with E-state index in [-0.39, 0.29) is 0 Å². The molecule has 80 heavy (non-hydrogen) atoms. The molecule has 7 heteroatoms. The van der Waals surface area contributed by atoms with Gasteiger partial charge in [-0.05, 0) is 95.3 Å². The third kappa shape index (κ3) is 17.8. The van der Waals surface area contributed by atoms with Gasteiger partial charge in [0, 0.05) is 0 Å². The zero-order valence-corrected chi connectivity index (χ0v) is 47.8. The van der Waals surface area contributed by atoms with Gasteiger partial charge in [-0.2, -0.15) is 0 Å². The van der Waals surface area contributed by atoms with E-state index in [2.05, 4.69) is 364 Å². The highest BCUT2D eigenvalue weighted by molar-refractivity contribution is 7.81. The van der Waals surface area contributed by atoms with E-state index in [1.54, 1.807) is 0 Å². The highest BCUT2D eigenvalue weighted by atomic mass is 31.1. The monoisotopic (exact) mass is 1110 g/mol. The van der Waals surface area contributed by atoms with Crippen LogP contribution in [0.25, 0.3) is 0 Å². The first kappa shape index (κ1) is 57.8. The van der Waals surface area contributed by atoms with Gasteiger partial charge in [0.2, 0.25) is 0 Å². The molecule has 3 nitrogen and oxygen atoms in total. The Kier molecular flexibility index (Phi) is 23.5. The van der Waals surface area contributed by atoms with Crippen LogP contribution in [0.2, 0.25) is 0 Å². The Morgan fingerprint density at radius 1 is 0.163 bits per heavy atom. The summed E-state index contributed by atoms with van der Waals surface area (Å²) in [6.45, 7) is 0. The SMILES string of the molecule is O=C(O)O.c1ccc(P(c2ccccc2)c2ccccc2)cc1.c1ccc(P(c2ccccc2)c2ccccc2)cc1.c1ccc(P(c2ccccc2)c2ccccc2)cc1.c1ccc(P(c2ccccc2)c2ccccc2)cc1. The number of hydrogen-bond donors (Lipinski definition) is 2. The second kappa shape index (κ2) is 32.5. The van der Waals surface area contributed by atoms with Gasteiger partial charge in [0.25, 0.3) is 0 Å². The molecule has 0 aliphatic carbocycles. The summed E-state index contributed by atoms with van der Waals surface area (Å²) < 4.78 is 0. The van der Waals surface area contributed by atoms with Crippen molar-refractivity contribution in [3.05, 3.63) is 364 Å². The maximum atomic E-state index is 8.56. The first-order valence-electron chi connectivity index (χ1n) is 26.3. The Bertz CT molecular complexity index is 2690. The van der Waals surface area contributed by atoms with E-state index < -0.39 is 37.8 Å². The van der Waals surface area contributed by atoms with Crippen molar-refractivity contribution >= 4 is 101 Å². The van der Waals surface area contributed by atoms with Crippen LogP contribution < -0.4 is 63.7 Å². The van der Waals surface area contributed by atoms with Crippen molar-refractivity contribution in [2.45, 2.75) is 0 Å². The molecule has 12 aromatic rings. The average molecular weight is 1110 g/mol. The molecule has 0 aliphatic heterocycles. The summed E-state index contributed by atoms with van der Waals surface area (Å²) >= 11 is 0. The number of carbonyl (C=O) groups is 1. The predicted molar refractivity (Wildman–Crippen MR) is 351 cm³/mol. The second-order valence-electron chi connectivity index (χ2n) is 17.7. The third-order valence-corrected chi connectivity index (χ3v) is 21.9. The van der Waals surface area contributed by atoms with Crippen LogP contribution in [0.1, 0.15) is 0 Å². The summed E-state index contributed by atoms with van der Waals surface area (Å²) in [7, 11) is -1.78. The molecule has 0 atom stereocenters. The minimum atomic E-state index is -1.83. The van der Waals surface area contributed by atoms with Gasteiger partial charge >= 0.3 is 6.16 Å². The van der Waals surface area contributed by atoms with Gasteiger partial charge in [-0.1, -0.05) is 364 Å². The molecule has 0 saturated carbocycles. The van der Waals surface area contributed by atoms with Gasteiger partial charge in [-0.15, -0.1) is 0 Å². The van der Waals surface area contributed by atoms with E-state index in [9.17, 15) is 0 Å². The Balaban J connectivity index is 0.000000137. The van der Waals surface area contributed by atoms with Crippen molar-refractivity contribution in [1.82, 2.24) is 0 Å². The Labute approximate surface area is 477 Å². The van der Waals surface area contributed by atoms with Gasteiger partial charge < -0.3 is 10.2 Å². The molecular formula is C73H62O3P4. The Hall–Kier alpha value is -8.37. The lowest BCUT2D eigenvalue weighted by Gasteiger charge is -2.18. The summed E-state index contributed by atoms with van der Waals surface area (Å²) in [6.07, 6.45) is -1.83. The lowest BCUT2D eigenvalue weighted by molar-refractivity contribution is 0.137. The number of hydrogen-bond acceptors (Lipinski definition) is 1. The lowest BCUT2D eigenvalue weighted by Crippen LogP contribution is -2.20. The summed E-state index contributed by atoms with van der Waals surface area (Å²) in [5.74, 6) is 0. The molecule has 0 spiro atoms. The zero-order valence-electron chi connectivity index (χ0n) is 44.2. The smallest absolute Gasteiger partial charge is 0.450 e.